The number of hydrogen-bond acceptors (Lipinski definition) is 3. The standard InChI is InChI=1S/C28H30N2O/c1-30(2)22-13-11-21(12-14-22)28-25-10-6-9-24(25)26-19-23(15-16-27(26)29-28)31-18-17-20-7-4-3-5-8-20/h3-9,11-16,19,24-25,28-29H,10,17-18H2,1-2H3. The first-order valence-electron chi connectivity index (χ1n) is 11.2. The number of anilines is 2. The molecule has 1 N–H and O–H groups in total. The predicted octanol–water partition coefficient (Wildman–Crippen LogP) is 6.20. The molecule has 1 heterocycles. The Morgan fingerprint density at radius 1 is 0.968 bits per heavy atom. The Balaban J connectivity index is 1.33. The van der Waals surface area contributed by atoms with Crippen LogP contribution in [0.5, 0.6) is 5.75 Å². The summed E-state index contributed by atoms with van der Waals surface area (Å²) in [6.07, 6.45) is 6.76. The number of allylic oxidation sites excluding steroid dienone is 2. The molecule has 31 heavy (non-hydrogen) atoms. The Bertz CT molecular complexity index is 1060. The molecule has 0 fully saturated rings. The second-order valence-corrected chi connectivity index (χ2v) is 8.79. The molecule has 3 aromatic rings. The van der Waals surface area contributed by atoms with Crippen LogP contribution in [0.4, 0.5) is 11.4 Å². The zero-order valence-electron chi connectivity index (χ0n) is 18.3. The molecular formula is C28H30N2O. The summed E-state index contributed by atoms with van der Waals surface area (Å²) in [6, 6.07) is 26.4. The first kappa shape index (κ1) is 19.7. The molecule has 1 aliphatic heterocycles. The molecule has 0 spiro atoms. The van der Waals surface area contributed by atoms with Crippen LogP contribution in [0.25, 0.3) is 0 Å². The smallest absolute Gasteiger partial charge is 0.119 e. The van der Waals surface area contributed by atoms with Gasteiger partial charge < -0.3 is 15.0 Å². The number of benzene rings is 3. The van der Waals surface area contributed by atoms with Crippen LogP contribution in [0.15, 0.2) is 84.9 Å². The number of ether oxygens (including phenoxy) is 1. The number of fused-ring (bicyclic) bond motifs is 3. The fourth-order valence-electron chi connectivity index (χ4n) is 4.90. The molecule has 0 amide bonds. The Morgan fingerprint density at radius 2 is 1.77 bits per heavy atom. The molecule has 0 aromatic heterocycles. The molecule has 3 atom stereocenters. The van der Waals surface area contributed by atoms with Crippen molar-refractivity contribution in [3.05, 3.63) is 102 Å². The van der Waals surface area contributed by atoms with Crippen LogP contribution in [0.1, 0.15) is 35.1 Å². The van der Waals surface area contributed by atoms with Gasteiger partial charge in [-0.3, -0.25) is 0 Å². The average Bonchev–Trinajstić information content (AvgIpc) is 3.30. The van der Waals surface area contributed by atoms with E-state index in [1.165, 1.54) is 28.1 Å². The summed E-state index contributed by atoms with van der Waals surface area (Å²) in [5.74, 6) is 1.94. The van der Waals surface area contributed by atoms with Crippen LogP contribution in [-0.2, 0) is 6.42 Å². The second-order valence-electron chi connectivity index (χ2n) is 8.79. The average molecular weight is 411 g/mol. The summed E-state index contributed by atoms with van der Waals surface area (Å²) >= 11 is 0. The van der Waals surface area contributed by atoms with Gasteiger partial charge in [-0.05, 0) is 59.4 Å². The molecule has 0 radical (unpaired) electrons. The topological polar surface area (TPSA) is 24.5 Å². The van der Waals surface area contributed by atoms with Crippen molar-refractivity contribution in [3.8, 4) is 5.75 Å². The zero-order valence-corrected chi connectivity index (χ0v) is 18.3. The van der Waals surface area contributed by atoms with Gasteiger partial charge in [0.15, 0.2) is 0 Å². The summed E-state index contributed by atoms with van der Waals surface area (Å²) in [7, 11) is 4.17. The number of nitrogens with zero attached hydrogens (tertiary/aromatic N) is 1. The number of hydrogen-bond donors (Lipinski definition) is 1. The first-order chi connectivity index (χ1) is 15.2. The molecule has 3 nitrogen and oxygen atoms in total. The lowest BCUT2D eigenvalue weighted by molar-refractivity contribution is 0.320. The van der Waals surface area contributed by atoms with Gasteiger partial charge in [0, 0.05) is 37.8 Å². The van der Waals surface area contributed by atoms with Gasteiger partial charge in [0.05, 0.1) is 12.6 Å². The van der Waals surface area contributed by atoms with E-state index >= 15 is 0 Å². The van der Waals surface area contributed by atoms with Gasteiger partial charge in [0.2, 0.25) is 0 Å². The normalized spacial score (nSPS) is 21.2. The largest absolute Gasteiger partial charge is 0.493 e. The third kappa shape index (κ3) is 4.05. The van der Waals surface area contributed by atoms with Crippen LogP contribution in [0, 0.1) is 5.92 Å². The minimum Gasteiger partial charge on any atom is -0.493 e. The van der Waals surface area contributed by atoms with Gasteiger partial charge in [-0.15, -0.1) is 0 Å². The molecule has 0 bridgehead atoms. The quantitative estimate of drug-likeness (QED) is 0.490. The molecular weight excluding hydrogens is 380 g/mol. The van der Waals surface area contributed by atoms with Gasteiger partial charge in [0.1, 0.15) is 5.75 Å². The molecule has 3 unspecified atom stereocenters. The van der Waals surface area contributed by atoms with E-state index < -0.39 is 0 Å². The zero-order chi connectivity index (χ0) is 21.2. The minimum absolute atomic E-state index is 0.327. The van der Waals surface area contributed by atoms with Crippen molar-refractivity contribution in [2.24, 2.45) is 5.92 Å². The Morgan fingerprint density at radius 3 is 2.55 bits per heavy atom. The third-order valence-corrected chi connectivity index (χ3v) is 6.61. The van der Waals surface area contributed by atoms with Gasteiger partial charge in [-0.25, -0.2) is 0 Å². The van der Waals surface area contributed by atoms with Crippen molar-refractivity contribution in [2.45, 2.75) is 24.8 Å². The fraction of sp³-hybridized carbons (Fsp3) is 0.286. The van der Waals surface area contributed by atoms with Crippen molar-refractivity contribution in [1.29, 1.82) is 0 Å². The van der Waals surface area contributed by atoms with Crippen molar-refractivity contribution < 1.29 is 4.74 Å². The Labute approximate surface area is 185 Å². The van der Waals surface area contributed by atoms with Gasteiger partial charge in [-0.2, -0.15) is 0 Å². The Hall–Kier alpha value is -3.20. The lowest BCUT2D eigenvalue weighted by Crippen LogP contribution is -2.29. The van der Waals surface area contributed by atoms with E-state index in [2.05, 4.69) is 109 Å². The first-order valence-corrected chi connectivity index (χ1v) is 11.2. The second kappa shape index (κ2) is 8.50. The highest BCUT2D eigenvalue weighted by molar-refractivity contribution is 5.62. The van der Waals surface area contributed by atoms with Crippen molar-refractivity contribution in [3.63, 3.8) is 0 Å². The molecule has 5 rings (SSSR count). The summed E-state index contributed by atoms with van der Waals surface area (Å²) < 4.78 is 6.12. The van der Waals surface area contributed by atoms with E-state index in [0.717, 1.165) is 18.6 Å². The highest BCUT2D eigenvalue weighted by Gasteiger charge is 2.38. The third-order valence-electron chi connectivity index (χ3n) is 6.61. The van der Waals surface area contributed by atoms with Crippen molar-refractivity contribution in [2.75, 3.05) is 30.9 Å². The van der Waals surface area contributed by atoms with Crippen LogP contribution in [-0.4, -0.2) is 20.7 Å². The van der Waals surface area contributed by atoms with Crippen LogP contribution in [0.2, 0.25) is 0 Å². The fourth-order valence-corrected chi connectivity index (χ4v) is 4.90. The van der Waals surface area contributed by atoms with Crippen molar-refractivity contribution in [1.82, 2.24) is 0 Å². The molecule has 2 aliphatic rings. The Kier molecular flexibility index (Phi) is 5.42. The summed E-state index contributed by atoms with van der Waals surface area (Å²) in [5, 5.41) is 3.83. The number of rotatable bonds is 6. The van der Waals surface area contributed by atoms with Crippen LogP contribution < -0.4 is 15.0 Å². The van der Waals surface area contributed by atoms with Gasteiger partial charge in [-0.1, -0.05) is 54.6 Å². The maximum Gasteiger partial charge on any atom is 0.119 e. The van der Waals surface area contributed by atoms with Crippen LogP contribution >= 0.6 is 0 Å². The summed E-state index contributed by atoms with van der Waals surface area (Å²) in [4.78, 5) is 2.15. The summed E-state index contributed by atoms with van der Waals surface area (Å²) in [6.45, 7) is 0.695. The predicted molar refractivity (Wildman–Crippen MR) is 129 cm³/mol. The van der Waals surface area contributed by atoms with Crippen molar-refractivity contribution >= 4 is 11.4 Å². The maximum absolute atomic E-state index is 6.12. The molecule has 1 aliphatic carbocycles. The highest BCUT2D eigenvalue weighted by atomic mass is 16.5. The maximum atomic E-state index is 6.12. The van der Waals surface area contributed by atoms with Gasteiger partial charge >= 0.3 is 0 Å². The lowest BCUT2D eigenvalue weighted by Gasteiger charge is -2.37. The summed E-state index contributed by atoms with van der Waals surface area (Å²) in [5.41, 5.74) is 6.49. The lowest BCUT2D eigenvalue weighted by atomic mass is 9.77. The number of nitrogens with one attached hydrogen (secondary N) is 1. The van der Waals surface area contributed by atoms with Crippen LogP contribution in [0.3, 0.4) is 0 Å². The van der Waals surface area contributed by atoms with Gasteiger partial charge in [0.25, 0.3) is 0 Å². The molecule has 3 aromatic carbocycles. The van der Waals surface area contributed by atoms with E-state index in [4.69, 9.17) is 4.74 Å². The molecule has 0 saturated carbocycles. The van der Waals surface area contributed by atoms with E-state index in [1.54, 1.807) is 0 Å². The van der Waals surface area contributed by atoms with E-state index in [-0.39, 0.29) is 0 Å². The van der Waals surface area contributed by atoms with E-state index in [9.17, 15) is 0 Å². The molecule has 158 valence electrons. The van der Waals surface area contributed by atoms with E-state index in [0.29, 0.717) is 24.5 Å². The van der Waals surface area contributed by atoms with E-state index in [1.807, 2.05) is 0 Å². The minimum atomic E-state index is 0.327. The SMILES string of the molecule is CN(C)c1ccc(C2Nc3ccc(OCCc4ccccc4)cc3C3C=CCC32)cc1. The molecule has 0 saturated heterocycles. The molecule has 3 heteroatoms. The highest BCUT2D eigenvalue weighted by Crippen LogP contribution is 2.50. The monoisotopic (exact) mass is 410 g/mol.